The number of hydrogen-bond donors (Lipinski definition) is 0. The number of hydrogen-bond acceptors (Lipinski definition) is 4. The van der Waals surface area contributed by atoms with E-state index >= 15 is 0 Å². The molecule has 0 aliphatic rings. The molecule has 2 aromatic carbocycles. The van der Waals surface area contributed by atoms with Crippen LogP contribution in [-0.4, -0.2) is 26.0 Å². The molecule has 118 valence electrons. The van der Waals surface area contributed by atoms with E-state index < -0.39 is 11.8 Å². The van der Waals surface area contributed by atoms with Gasteiger partial charge < -0.3 is 9.47 Å². The number of ether oxygens (including phenoxy) is 2. The van der Waals surface area contributed by atoms with Crippen LogP contribution in [-0.2, 0) is 4.74 Å². The zero-order chi connectivity index (χ0) is 16.8. The lowest BCUT2D eigenvalue weighted by Crippen LogP contribution is -2.00. The lowest BCUT2D eigenvalue weighted by atomic mass is 10.1. The number of allylic oxidation sites excluding steroid dienone is 1. The Morgan fingerprint density at radius 2 is 1.65 bits per heavy atom. The van der Waals surface area contributed by atoms with Gasteiger partial charge >= 0.3 is 5.97 Å². The molecule has 0 unspecified atom stereocenters. The SMILES string of the molecule is COC(=O)c1ccc(C=CC(=O)c2ccc(OC)c(F)c2)cc1. The molecule has 0 radical (unpaired) electrons. The molecule has 0 fully saturated rings. The Bertz CT molecular complexity index is 748. The summed E-state index contributed by atoms with van der Waals surface area (Å²) >= 11 is 0. The van der Waals surface area contributed by atoms with Crippen molar-refractivity contribution in [1.82, 2.24) is 0 Å². The van der Waals surface area contributed by atoms with Gasteiger partial charge in [-0.1, -0.05) is 18.2 Å². The molecular formula is C18H15FO4. The molecular weight excluding hydrogens is 299 g/mol. The van der Waals surface area contributed by atoms with Crippen molar-refractivity contribution in [2.24, 2.45) is 0 Å². The Hall–Kier alpha value is -2.95. The second-order valence-electron chi connectivity index (χ2n) is 4.66. The Balaban J connectivity index is 2.11. The van der Waals surface area contributed by atoms with Crippen molar-refractivity contribution >= 4 is 17.8 Å². The van der Waals surface area contributed by atoms with E-state index in [4.69, 9.17) is 4.74 Å². The highest BCUT2D eigenvalue weighted by molar-refractivity contribution is 6.06. The predicted molar refractivity (Wildman–Crippen MR) is 84.1 cm³/mol. The van der Waals surface area contributed by atoms with Crippen molar-refractivity contribution in [2.75, 3.05) is 14.2 Å². The number of carbonyl (C=O) groups is 2. The van der Waals surface area contributed by atoms with Crippen molar-refractivity contribution in [3.8, 4) is 5.75 Å². The molecule has 0 heterocycles. The zero-order valence-corrected chi connectivity index (χ0v) is 12.7. The van der Waals surface area contributed by atoms with Crippen LogP contribution >= 0.6 is 0 Å². The number of carbonyl (C=O) groups excluding carboxylic acids is 2. The summed E-state index contributed by atoms with van der Waals surface area (Å²) in [6.45, 7) is 0. The molecule has 0 aliphatic carbocycles. The minimum absolute atomic E-state index is 0.0870. The average molecular weight is 314 g/mol. The summed E-state index contributed by atoms with van der Waals surface area (Å²) in [6, 6.07) is 10.6. The third kappa shape index (κ3) is 4.03. The minimum atomic E-state index is -0.589. The van der Waals surface area contributed by atoms with Crippen molar-refractivity contribution < 1.29 is 23.5 Å². The molecule has 0 aromatic heterocycles. The third-order valence-electron chi connectivity index (χ3n) is 3.20. The molecule has 0 bridgehead atoms. The number of esters is 1. The maximum absolute atomic E-state index is 13.6. The highest BCUT2D eigenvalue weighted by Crippen LogP contribution is 2.18. The molecule has 23 heavy (non-hydrogen) atoms. The molecule has 0 N–H and O–H groups in total. The Kier molecular flexibility index (Phi) is 5.25. The summed E-state index contributed by atoms with van der Waals surface area (Å²) < 4.78 is 23.0. The van der Waals surface area contributed by atoms with Gasteiger partial charge in [0, 0.05) is 5.56 Å². The summed E-state index contributed by atoms with van der Waals surface area (Å²) in [5, 5.41) is 0. The molecule has 4 nitrogen and oxygen atoms in total. The van der Waals surface area contributed by atoms with Crippen LogP contribution in [0, 0.1) is 5.82 Å². The van der Waals surface area contributed by atoms with Crippen LogP contribution in [0.5, 0.6) is 5.75 Å². The Morgan fingerprint density at radius 3 is 2.22 bits per heavy atom. The normalized spacial score (nSPS) is 10.6. The maximum Gasteiger partial charge on any atom is 0.337 e. The standard InChI is InChI=1S/C18H15FO4/c1-22-17-10-8-14(11-15(17)19)16(20)9-5-12-3-6-13(7-4-12)18(21)23-2/h3-11H,1-2H3. The van der Waals surface area contributed by atoms with Crippen molar-refractivity contribution in [1.29, 1.82) is 0 Å². The van der Waals surface area contributed by atoms with Gasteiger partial charge in [0.25, 0.3) is 0 Å². The fourth-order valence-corrected chi connectivity index (χ4v) is 1.94. The van der Waals surface area contributed by atoms with Crippen LogP contribution < -0.4 is 4.74 Å². The predicted octanol–water partition coefficient (Wildman–Crippen LogP) is 3.52. The fraction of sp³-hybridized carbons (Fsp3) is 0.111. The topological polar surface area (TPSA) is 52.6 Å². The quantitative estimate of drug-likeness (QED) is 0.481. The first kappa shape index (κ1) is 16.4. The first-order valence-corrected chi connectivity index (χ1v) is 6.79. The summed E-state index contributed by atoms with van der Waals surface area (Å²) in [5.41, 5.74) is 1.39. The molecule has 2 aromatic rings. The van der Waals surface area contributed by atoms with Gasteiger partial charge in [0.15, 0.2) is 17.3 Å². The smallest absolute Gasteiger partial charge is 0.337 e. The summed E-state index contributed by atoms with van der Waals surface area (Å²) in [4.78, 5) is 23.3. The van der Waals surface area contributed by atoms with Crippen LogP contribution in [0.1, 0.15) is 26.3 Å². The fourth-order valence-electron chi connectivity index (χ4n) is 1.94. The molecule has 0 aliphatic heterocycles. The average Bonchev–Trinajstić information content (AvgIpc) is 2.59. The summed E-state index contributed by atoms with van der Waals surface area (Å²) in [6.07, 6.45) is 2.93. The van der Waals surface area contributed by atoms with Crippen molar-refractivity contribution in [3.63, 3.8) is 0 Å². The first-order valence-electron chi connectivity index (χ1n) is 6.79. The summed E-state index contributed by atoms with van der Waals surface area (Å²) in [5.74, 6) is -1.26. The van der Waals surface area contributed by atoms with Crippen LogP contribution in [0.25, 0.3) is 6.08 Å². The van der Waals surface area contributed by atoms with E-state index in [1.54, 1.807) is 30.3 Å². The Morgan fingerprint density at radius 1 is 1.00 bits per heavy atom. The monoisotopic (exact) mass is 314 g/mol. The molecule has 0 spiro atoms. The number of halogens is 1. The number of rotatable bonds is 5. The molecule has 0 amide bonds. The van der Waals surface area contributed by atoms with E-state index in [1.807, 2.05) is 0 Å². The molecule has 0 atom stereocenters. The number of benzene rings is 2. The Labute approximate surface area is 133 Å². The van der Waals surface area contributed by atoms with Gasteiger partial charge in [0.1, 0.15) is 0 Å². The molecule has 2 rings (SSSR count). The number of ketones is 1. The van der Waals surface area contributed by atoms with Crippen LogP contribution in [0.3, 0.4) is 0 Å². The van der Waals surface area contributed by atoms with E-state index in [-0.39, 0.29) is 17.1 Å². The highest BCUT2D eigenvalue weighted by atomic mass is 19.1. The van der Waals surface area contributed by atoms with E-state index in [0.29, 0.717) is 5.56 Å². The summed E-state index contributed by atoms with van der Waals surface area (Å²) in [7, 11) is 2.67. The maximum atomic E-state index is 13.6. The minimum Gasteiger partial charge on any atom is -0.494 e. The lowest BCUT2D eigenvalue weighted by Gasteiger charge is -2.02. The highest BCUT2D eigenvalue weighted by Gasteiger charge is 2.08. The van der Waals surface area contributed by atoms with Crippen molar-refractivity contribution in [3.05, 3.63) is 71.0 Å². The van der Waals surface area contributed by atoms with E-state index in [0.717, 1.165) is 11.6 Å². The number of methoxy groups -OCH3 is 2. The first-order chi connectivity index (χ1) is 11.0. The zero-order valence-electron chi connectivity index (χ0n) is 12.7. The molecule has 5 heteroatoms. The van der Waals surface area contributed by atoms with Gasteiger partial charge in [-0.2, -0.15) is 0 Å². The van der Waals surface area contributed by atoms with Gasteiger partial charge in [0.05, 0.1) is 19.8 Å². The van der Waals surface area contributed by atoms with E-state index in [9.17, 15) is 14.0 Å². The second-order valence-corrected chi connectivity index (χ2v) is 4.66. The van der Waals surface area contributed by atoms with Crippen LogP contribution in [0.2, 0.25) is 0 Å². The second kappa shape index (κ2) is 7.35. The third-order valence-corrected chi connectivity index (χ3v) is 3.20. The van der Waals surface area contributed by atoms with Gasteiger partial charge in [-0.15, -0.1) is 0 Å². The van der Waals surface area contributed by atoms with E-state index in [2.05, 4.69) is 4.74 Å². The van der Waals surface area contributed by atoms with E-state index in [1.165, 1.54) is 32.4 Å². The van der Waals surface area contributed by atoms with Crippen molar-refractivity contribution in [2.45, 2.75) is 0 Å². The molecule has 0 saturated carbocycles. The van der Waals surface area contributed by atoms with Gasteiger partial charge in [0.2, 0.25) is 0 Å². The van der Waals surface area contributed by atoms with Crippen LogP contribution in [0.15, 0.2) is 48.5 Å². The molecule has 0 saturated heterocycles. The van der Waals surface area contributed by atoms with Gasteiger partial charge in [-0.25, -0.2) is 9.18 Å². The lowest BCUT2D eigenvalue weighted by molar-refractivity contribution is 0.0600. The van der Waals surface area contributed by atoms with Gasteiger partial charge in [-0.05, 0) is 42.0 Å². The van der Waals surface area contributed by atoms with Gasteiger partial charge in [-0.3, -0.25) is 4.79 Å². The largest absolute Gasteiger partial charge is 0.494 e. The van der Waals surface area contributed by atoms with Crippen LogP contribution in [0.4, 0.5) is 4.39 Å².